The van der Waals surface area contributed by atoms with Crippen molar-refractivity contribution in [3.05, 3.63) is 0 Å². The van der Waals surface area contributed by atoms with E-state index in [9.17, 15) is 5.11 Å². The number of rotatable bonds is 3. The number of nitrogens with one attached hydrogen (secondary N) is 3. The Kier molecular flexibility index (Phi) is 5.93. The number of fused-ring (bicyclic) bond motifs is 2. The Bertz CT molecular complexity index is 739. The number of hydrogen-bond acceptors (Lipinski definition) is 6. The summed E-state index contributed by atoms with van der Waals surface area (Å²) in [5.74, 6) is 3.68. The molecule has 6 unspecified atom stereocenters. The molecule has 7 heteroatoms. The second kappa shape index (κ2) is 8.88. The Hall–Kier alpha value is -1.18. The van der Waals surface area contributed by atoms with Gasteiger partial charge in [0.25, 0.3) is 0 Å². The zero-order chi connectivity index (χ0) is 21.7. The Labute approximate surface area is 193 Å². The molecule has 6 rings (SSSR count). The molecule has 3 aliphatic carbocycles. The van der Waals surface area contributed by atoms with Crippen molar-refractivity contribution >= 4 is 11.7 Å². The molecule has 0 aromatic carbocycles. The molecule has 3 aliphatic heterocycles. The summed E-state index contributed by atoms with van der Waals surface area (Å²) in [5, 5.41) is 17.6. The molecule has 0 aromatic heterocycles. The fraction of sp³-hybridized carbons (Fsp3) is 0.920. The Balaban J connectivity index is 1.02. The predicted molar refractivity (Wildman–Crippen MR) is 127 cm³/mol. The minimum atomic E-state index is -0.0909. The number of hydrogen-bond donors (Lipinski definition) is 4. The first-order chi connectivity index (χ1) is 15.6. The van der Waals surface area contributed by atoms with E-state index in [2.05, 4.69) is 22.6 Å². The fourth-order valence-electron chi connectivity index (χ4n) is 7.36. The molecule has 6 aliphatic rings. The van der Waals surface area contributed by atoms with E-state index in [4.69, 9.17) is 9.98 Å². The van der Waals surface area contributed by atoms with Crippen LogP contribution in [-0.2, 0) is 0 Å². The molecule has 4 fully saturated rings. The van der Waals surface area contributed by atoms with Crippen molar-refractivity contribution < 1.29 is 10.0 Å². The number of aliphatic hydroxyl groups is 1. The van der Waals surface area contributed by atoms with Gasteiger partial charge in [-0.05, 0) is 64.2 Å². The van der Waals surface area contributed by atoms with Crippen LogP contribution in [0.2, 0.25) is 0 Å². The highest BCUT2D eigenvalue weighted by Crippen LogP contribution is 2.36. The summed E-state index contributed by atoms with van der Waals surface area (Å²) in [6, 6.07) is 2.77. The first-order valence-corrected chi connectivity index (χ1v) is 13.5. The summed E-state index contributed by atoms with van der Waals surface area (Å²) >= 11 is 0. The van der Waals surface area contributed by atoms with Gasteiger partial charge in [0.15, 0.2) is 0 Å². The predicted octanol–water partition coefficient (Wildman–Crippen LogP) is 0.198. The van der Waals surface area contributed by atoms with Gasteiger partial charge in [-0.3, -0.25) is 14.9 Å². The summed E-state index contributed by atoms with van der Waals surface area (Å²) in [7, 11) is 2.33. The van der Waals surface area contributed by atoms with Gasteiger partial charge >= 0.3 is 0 Å². The largest absolute Gasteiger partial charge is 0.393 e. The lowest BCUT2D eigenvalue weighted by molar-refractivity contribution is -0.884. The molecular formula is C25H43N6O+. The Morgan fingerprint density at radius 2 is 1.38 bits per heavy atom. The lowest BCUT2D eigenvalue weighted by Gasteiger charge is -2.41. The zero-order valence-corrected chi connectivity index (χ0v) is 19.8. The third kappa shape index (κ3) is 4.21. The van der Waals surface area contributed by atoms with Crippen LogP contribution >= 0.6 is 0 Å². The number of nitrogens with zero attached hydrogens (tertiary/aromatic N) is 3. The molecule has 3 heterocycles. The molecular weight excluding hydrogens is 400 g/mol. The van der Waals surface area contributed by atoms with E-state index < -0.39 is 0 Å². The van der Waals surface area contributed by atoms with Crippen molar-refractivity contribution in [3.8, 4) is 0 Å². The smallest absolute Gasteiger partial charge is 0.100 e. The van der Waals surface area contributed by atoms with Crippen LogP contribution in [0.25, 0.3) is 0 Å². The van der Waals surface area contributed by atoms with E-state index in [0.717, 1.165) is 31.7 Å². The van der Waals surface area contributed by atoms with Crippen LogP contribution in [-0.4, -0.2) is 91.2 Å². The van der Waals surface area contributed by atoms with Crippen molar-refractivity contribution in [3.63, 3.8) is 0 Å². The van der Waals surface area contributed by atoms with Gasteiger partial charge in [0.2, 0.25) is 0 Å². The monoisotopic (exact) mass is 443 g/mol. The second-order valence-corrected chi connectivity index (χ2v) is 11.6. The standard InChI is InChI=1S/C25H42N6O/c1-30-10-12-31(13-11-30)18-5-9-21-23(15-18)29-25(27-21)17-4-8-20-22(14-17)28-24(26-20)16-2-6-19(32)7-3-16/h16-23,32H,2-15H2,1H3,(H,26,28)(H,27,29)/p+1. The minimum Gasteiger partial charge on any atom is -0.393 e. The molecule has 0 spiro atoms. The molecule has 1 saturated heterocycles. The van der Waals surface area contributed by atoms with Gasteiger partial charge in [-0.15, -0.1) is 0 Å². The van der Waals surface area contributed by atoms with Crippen LogP contribution < -0.4 is 15.5 Å². The van der Waals surface area contributed by atoms with Crippen LogP contribution in [0.15, 0.2) is 9.98 Å². The van der Waals surface area contributed by atoms with Crippen LogP contribution in [0.1, 0.15) is 64.2 Å². The molecule has 3 saturated carbocycles. The third-order valence-electron chi connectivity index (χ3n) is 9.51. The third-order valence-corrected chi connectivity index (χ3v) is 9.51. The highest BCUT2D eigenvalue weighted by molar-refractivity contribution is 5.89. The maximum Gasteiger partial charge on any atom is 0.100 e. The normalized spacial score (nSPS) is 45.3. The van der Waals surface area contributed by atoms with E-state index in [1.807, 2.05) is 0 Å². The average Bonchev–Trinajstić information content (AvgIpc) is 3.43. The number of aliphatic imine (C=N–C) groups is 2. The van der Waals surface area contributed by atoms with Crippen LogP contribution in [0.4, 0.5) is 0 Å². The molecule has 4 N–H and O–H groups in total. The van der Waals surface area contributed by atoms with Crippen molar-refractivity contribution in [2.24, 2.45) is 21.8 Å². The topological polar surface area (TPSA) is 76.7 Å². The van der Waals surface area contributed by atoms with Gasteiger partial charge < -0.3 is 20.6 Å². The van der Waals surface area contributed by atoms with E-state index in [1.54, 1.807) is 4.90 Å². The van der Waals surface area contributed by atoms with E-state index in [1.165, 1.54) is 76.4 Å². The quantitative estimate of drug-likeness (QED) is 0.503. The lowest BCUT2D eigenvalue weighted by atomic mass is 9.82. The van der Waals surface area contributed by atoms with Crippen molar-refractivity contribution in [2.45, 2.75) is 101 Å². The second-order valence-electron chi connectivity index (χ2n) is 11.6. The zero-order valence-electron chi connectivity index (χ0n) is 19.8. The summed E-state index contributed by atoms with van der Waals surface area (Å²) in [4.78, 5) is 14.8. The average molecular weight is 444 g/mol. The van der Waals surface area contributed by atoms with Crippen LogP contribution in [0, 0.1) is 11.8 Å². The number of amidine groups is 2. The fourth-order valence-corrected chi connectivity index (χ4v) is 7.36. The van der Waals surface area contributed by atoms with Gasteiger partial charge in [0.05, 0.1) is 50.4 Å². The maximum absolute atomic E-state index is 9.84. The summed E-state index contributed by atoms with van der Waals surface area (Å²) in [5.41, 5.74) is 0. The molecule has 178 valence electrons. The van der Waals surface area contributed by atoms with Crippen molar-refractivity contribution in [2.75, 3.05) is 33.2 Å². The molecule has 0 radical (unpaired) electrons. The van der Waals surface area contributed by atoms with E-state index >= 15 is 0 Å². The van der Waals surface area contributed by atoms with Crippen LogP contribution in [0.5, 0.6) is 0 Å². The van der Waals surface area contributed by atoms with Gasteiger partial charge in [-0.1, -0.05) is 0 Å². The number of quaternary nitrogens is 1. The van der Waals surface area contributed by atoms with E-state index in [0.29, 0.717) is 36.0 Å². The molecule has 32 heavy (non-hydrogen) atoms. The number of piperazine rings is 1. The summed E-state index contributed by atoms with van der Waals surface area (Å²) in [6.45, 7) is 5.12. The summed E-state index contributed by atoms with van der Waals surface area (Å²) in [6.07, 6.45) is 11.4. The molecule has 0 amide bonds. The minimum absolute atomic E-state index is 0.0909. The number of aliphatic hydroxyl groups excluding tert-OH is 1. The van der Waals surface area contributed by atoms with Crippen molar-refractivity contribution in [1.82, 2.24) is 15.5 Å². The molecule has 6 atom stereocenters. The van der Waals surface area contributed by atoms with Crippen LogP contribution in [0.3, 0.4) is 0 Å². The molecule has 0 bridgehead atoms. The van der Waals surface area contributed by atoms with Gasteiger partial charge in [-0.25, -0.2) is 0 Å². The first kappa shape index (κ1) is 21.4. The Morgan fingerprint density at radius 1 is 0.781 bits per heavy atom. The molecule has 0 aromatic rings. The van der Waals surface area contributed by atoms with Crippen molar-refractivity contribution in [1.29, 1.82) is 0 Å². The first-order valence-electron chi connectivity index (χ1n) is 13.5. The van der Waals surface area contributed by atoms with E-state index in [-0.39, 0.29) is 6.10 Å². The van der Waals surface area contributed by atoms with Gasteiger partial charge in [0.1, 0.15) is 11.7 Å². The highest BCUT2D eigenvalue weighted by Gasteiger charge is 2.43. The van der Waals surface area contributed by atoms with Gasteiger partial charge in [0, 0.05) is 31.0 Å². The molecule has 7 nitrogen and oxygen atoms in total. The summed E-state index contributed by atoms with van der Waals surface area (Å²) < 4.78 is 0. The lowest BCUT2D eigenvalue weighted by Crippen LogP contribution is -3.12. The number of likely N-dealkylation sites (N-methyl/N-ethyl adjacent to an activating group) is 1. The Morgan fingerprint density at radius 3 is 2.09 bits per heavy atom. The SMILES string of the molecule is C[NH+]1CCN(C2CCC3N=C(C4CCC5N=C(C6CCC(O)CC6)NC5C4)NC3C2)CC1. The maximum atomic E-state index is 9.84. The van der Waals surface area contributed by atoms with Gasteiger partial charge in [-0.2, -0.15) is 0 Å². The highest BCUT2D eigenvalue weighted by atomic mass is 16.3.